The lowest BCUT2D eigenvalue weighted by molar-refractivity contribution is 0.109. The number of carbonyl (C=O) groups excluding carboxylic acids is 1. The number of anilines is 1. The first-order valence-electron chi connectivity index (χ1n) is 5.64. The second-order valence-electron chi connectivity index (χ2n) is 3.60. The summed E-state index contributed by atoms with van der Waals surface area (Å²) in [6, 6.07) is 3.43. The molecule has 18 heavy (non-hydrogen) atoms. The molecular formula is C11H14N4O2S. The summed E-state index contributed by atoms with van der Waals surface area (Å²) in [5.41, 5.74) is 0. The first-order valence-corrected chi connectivity index (χ1v) is 6.63. The maximum Gasteiger partial charge on any atom is 0.219 e. The number of H-pyrrole nitrogens is 1. The minimum absolute atomic E-state index is 0.339. The zero-order valence-corrected chi connectivity index (χ0v) is 10.8. The second kappa shape index (κ2) is 6.25. The molecule has 0 atom stereocenters. The molecule has 0 aliphatic rings. The van der Waals surface area contributed by atoms with Gasteiger partial charge >= 0.3 is 0 Å². The third-order valence-electron chi connectivity index (χ3n) is 2.15. The van der Waals surface area contributed by atoms with E-state index in [1.165, 1.54) is 11.8 Å². The largest absolute Gasteiger partial charge is 0.457 e. The minimum atomic E-state index is 0.339. The number of nitrogens with zero attached hydrogens (tertiary/aromatic N) is 2. The quantitative estimate of drug-likeness (QED) is 0.591. The van der Waals surface area contributed by atoms with Crippen molar-refractivity contribution in [1.29, 1.82) is 0 Å². The van der Waals surface area contributed by atoms with E-state index in [1.54, 1.807) is 12.1 Å². The van der Waals surface area contributed by atoms with Crippen molar-refractivity contribution in [3.05, 3.63) is 23.7 Å². The predicted octanol–water partition coefficient (Wildman–Crippen LogP) is 2.32. The number of aldehydes is 1. The molecule has 7 heteroatoms. The van der Waals surface area contributed by atoms with Crippen LogP contribution in [-0.2, 0) is 5.75 Å². The van der Waals surface area contributed by atoms with Crippen molar-refractivity contribution in [3.63, 3.8) is 0 Å². The second-order valence-corrected chi connectivity index (χ2v) is 4.55. The summed E-state index contributed by atoms with van der Waals surface area (Å²) < 4.78 is 5.26. The Bertz CT molecular complexity index is 509. The van der Waals surface area contributed by atoms with Gasteiger partial charge < -0.3 is 9.73 Å². The monoisotopic (exact) mass is 266 g/mol. The summed E-state index contributed by atoms with van der Waals surface area (Å²) in [5.74, 6) is 2.34. The Hall–Kier alpha value is -1.76. The van der Waals surface area contributed by atoms with Crippen LogP contribution in [0.1, 0.15) is 29.7 Å². The zero-order chi connectivity index (χ0) is 12.8. The summed E-state index contributed by atoms with van der Waals surface area (Å²) in [6.07, 6.45) is 1.72. The highest BCUT2D eigenvalue weighted by molar-refractivity contribution is 7.98. The summed E-state index contributed by atoms with van der Waals surface area (Å²) in [5, 5.41) is 10.6. The van der Waals surface area contributed by atoms with E-state index >= 15 is 0 Å². The molecule has 2 heterocycles. The van der Waals surface area contributed by atoms with Crippen molar-refractivity contribution < 1.29 is 9.21 Å². The molecule has 96 valence electrons. The van der Waals surface area contributed by atoms with E-state index in [1.807, 2.05) is 0 Å². The van der Waals surface area contributed by atoms with E-state index in [9.17, 15) is 4.79 Å². The molecular weight excluding hydrogens is 252 g/mol. The number of carbonyl (C=O) groups is 1. The smallest absolute Gasteiger partial charge is 0.219 e. The number of aromatic nitrogens is 3. The Morgan fingerprint density at radius 2 is 2.44 bits per heavy atom. The predicted molar refractivity (Wildman–Crippen MR) is 68.8 cm³/mol. The molecule has 0 saturated carbocycles. The van der Waals surface area contributed by atoms with Crippen LogP contribution in [0.25, 0.3) is 0 Å². The number of hydrogen-bond acceptors (Lipinski definition) is 6. The highest BCUT2D eigenvalue weighted by Gasteiger charge is 2.06. The van der Waals surface area contributed by atoms with Crippen molar-refractivity contribution in [2.24, 2.45) is 0 Å². The van der Waals surface area contributed by atoms with E-state index in [-0.39, 0.29) is 0 Å². The molecule has 0 aliphatic carbocycles. The standard InChI is InChI=1S/C11H14N4O2S/c1-2-5-12-10-13-11(15-14-10)18-7-9-4-3-8(6-16)17-9/h3-4,6H,2,5,7H2,1H3,(H2,12,13,14,15). The number of aromatic amines is 1. The van der Waals surface area contributed by atoms with Gasteiger partial charge in [-0.05, 0) is 18.6 Å². The Morgan fingerprint density at radius 3 is 3.17 bits per heavy atom. The molecule has 0 amide bonds. The fourth-order valence-electron chi connectivity index (χ4n) is 1.30. The third kappa shape index (κ3) is 3.36. The summed E-state index contributed by atoms with van der Waals surface area (Å²) in [6.45, 7) is 2.95. The van der Waals surface area contributed by atoms with Gasteiger partial charge in [0.1, 0.15) is 5.76 Å². The Morgan fingerprint density at radius 1 is 1.56 bits per heavy atom. The van der Waals surface area contributed by atoms with Gasteiger partial charge in [-0.25, -0.2) is 5.10 Å². The molecule has 2 aromatic heterocycles. The van der Waals surface area contributed by atoms with Crippen LogP contribution in [0.15, 0.2) is 21.7 Å². The number of nitrogens with one attached hydrogen (secondary N) is 2. The Labute approximate surface area is 109 Å². The van der Waals surface area contributed by atoms with E-state index in [4.69, 9.17) is 4.42 Å². The molecule has 2 rings (SSSR count). The molecule has 0 fully saturated rings. The fraction of sp³-hybridized carbons (Fsp3) is 0.364. The van der Waals surface area contributed by atoms with Crippen molar-refractivity contribution in [1.82, 2.24) is 15.2 Å². The summed E-state index contributed by atoms with van der Waals surface area (Å²) in [7, 11) is 0. The van der Waals surface area contributed by atoms with Crippen LogP contribution in [0.3, 0.4) is 0 Å². The molecule has 0 spiro atoms. The van der Waals surface area contributed by atoms with Gasteiger partial charge in [0, 0.05) is 6.54 Å². The average molecular weight is 266 g/mol. The fourth-order valence-corrected chi connectivity index (χ4v) is 2.00. The molecule has 6 nitrogen and oxygen atoms in total. The lowest BCUT2D eigenvalue weighted by Crippen LogP contribution is -2.00. The van der Waals surface area contributed by atoms with Crippen molar-refractivity contribution in [2.75, 3.05) is 11.9 Å². The lowest BCUT2D eigenvalue weighted by Gasteiger charge is -1.96. The van der Waals surface area contributed by atoms with E-state index in [2.05, 4.69) is 27.4 Å². The summed E-state index contributed by atoms with van der Waals surface area (Å²) in [4.78, 5) is 14.7. The van der Waals surface area contributed by atoms with Gasteiger partial charge in [-0.1, -0.05) is 18.7 Å². The molecule has 0 unspecified atom stereocenters. The van der Waals surface area contributed by atoms with Gasteiger partial charge in [-0.2, -0.15) is 4.98 Å². The maximum absolute atomic E-state index is 10.5. The van der Waals surface area contributed by atoms with Crippen LogP contribution >= 0.6 is 11.8 Å². The van der Waals surface area contributed by atoms with Gasteiger partial charge in [0.25, 0.3) is 0 Å². The van der Waals surface area contributed by atoms with E-state index in [0.29, 0.717) is 28.9 Å². The van der Waals surface area contributed by atoms with Gasteiger partial charge in [-0.15, -0.1) is 5.10 Å². The molecule has 0 aromatic carbocycles. The van der Waals surface area contributed by atoms with Gasteiger partial charge in [0.2, 0.25) is 11.1 Å². The van der Waals surface area contributed by atoms with Gasteiger partial charge in [0.05, 0.1) is 5.75 Å². The van der Waals surface area contributed by atoms with Crippen molar-refractivity contribution >= 4 is 24.0 Å². The molecule has 0 saturated heterocycles. The van der Waals surface area contributed by atoms with Crippen LogP contribution in [-0.4, -0.2) is 28.0 Å². The minimum Gasteiger partial charge on any atom is -0.457 e. The average Bonchev–Trinajstić information content (AvgIpc) is 3.03. The highest BCUT2D eigenvalue weighted by Crippen LogP contribution is 2.20. The number of furan rings is 1. The number of thioether (sulfide) groups is 1. The van der Waals surface area contributed by atoms with Crippen LogP contribution < -0.4 is 5.32 Å². The summed E-state index contributed by atoms with van der Waals surface area (Å²) >= 11 is 1.45. The molecule has 2 N–H and O–H groups in total. The van der Waals surface area contributed by atoms with E-state index in [0.717, 1.165) is 18.7 Å². The molecule has 2 aromatic rings. The van der Waals surface area contributed by atoms with Crippen LogP contribution in [0.4, 0.5) is 5.95 Å². The van der Waals surface area contributed by atoms with Gasteiger partial charge in [-0.3, -0.25) is 4.79 Å². The van der Waals surface area contributed by atoms with Gasteiger partial charge in [0.15, 0.2) is 12.0 Å². The molecule has 0 radical (unpaired) electrons. The van der Waals surface area contributed by atoms with Crippen LogP contribution in [0.2, 0.25) is 0 Å². The Balaban J connectivity index is 1.85. The van der Waals surface area contributed by atoms with E-state index < -0.39 is 0 Å². The van der Waals surface area contributed by atoms with Crippen LogP contribution in [0, 0.1) is 0 Å². The first kappa shape index (κ1) is 12.7. The number of rotatable bonds is 7. The highest BCUT2D eigenvalue weighted by atomic mass is 32.2. The number of hydrogen-bond donors (Lipinski definition) is 2. The van der Waals surface area contributed by atoms with Crippen LogP contribution in [0.5, 0.6) is 0 Å². The lowest BCUT2D eigenvalue weighted by atomic mass is 10.4. The van der Waals surface area contributed by atoms with Crippen molar-refractivity contribution in [2.45, 2.75) is 24.3 Å². The van der Waals surface area contributed by atoms with Crippen molar-refractivity contribution in [3.8, 4) is 0 Å². The zero-order valence-electron chi connectivity index (χ0n) is 9.97. The molecule has 0 bridgehead atoms. The maximum atomic E-state index is 10.5. The topological polar surface area (TPSA) is 83.8 Å². The molecule has 0 aliphatic heterocycles. The SMILES string of the molecule is CCCNc1nc(SCc2ccc(C=O)o2)n[nH]1. The first-order chi connectivity index (χ1) is 8.81. The normalized spacial score (nSPS) is 10.5. The Kier molecular flexibility index (Phi) is 4.40. The third-order valence-corrected chi connectivity index (χ3v) is 3.02.